The summed E-state index contributed by atoms with van der Waals surface area (Å²) in [6.07, 6.45) is 3.59. The molecule has 2 aromatic rings. The van der Waals surface area contributed by atoms with Crippen molar-refractivity contribution in [1.29, 1.82) is 0 Å². The average Bonchev–Trinajstić information content (AvgIpc) is 2.32. The van der Waals surface area contributed by atoms with Crippen LogP contribution in [0.25, 0.3) is 0 Å². The first-order valence-corrected chi connectivity index (χ1v) is 6.66. The van der Waals surface area contributed by atoms with Crippen molar-refractivity contribution in [3.8, 4) is 0 Å². The van der Waals surface area contributed by atoms with Gasteiger partial charge in [-0.2, -0.15) is 0 Å². The van der Waals surface area contributed by atoms with Crippen LogP contribution in [-0.4, -0.2) is 4.98 Å². The molecule has 0 aliphatic rings. The van der Waals surface area contributed by atoms with Crippen LogP contribution in [0.4, 0.5) is 0 Å². The second kappa shape index (κ2) is 5.33. The van der Waals surface area contributed by atoms with E-state index in [0.29, 0.717) is 5.02 Å². The highest BCUT2D eigenvalue weighted by Gasteiger charge is 2.14. The Kier molecular flexibility index (Phi) is 4.01. The van der Waals surface area contributed by atoms with Crippen molar-refractivity contribution in [1.82, 2.24) is 4.98 Å². The normalized spacial score (nSPS) is 12.5. The molecule has 0 bridgehead atoms. The van der Waals surface area contributed by atoms with Gasteiger partial charge in [0.1, 0.15) is 0 Å². The number of rotatable bonds is 2. The van der Waals surface area contributed by atoms with Crippen molar-refractivity contribution < 1.29 is 0 Å². The smallest absolute Gasteiger partial charge is 0.0580 e. The summed E-state index contributed by atoms with van der Waals surface area (Å²) in [6, 6.07) is 7.54. The third-order valence-corrected chi connectivity index (χ3v) is 3.93. The van der Waals surface area contributed by atoms with Crippen molar-refractivity contribution in [2.45, 2.75) is 13.0 Å². The number of nitrogens with two attached hydrogens (primary N) is 1. The number of hydrogen-bond acceptors (Lipinski definition) is 2. The van der Waals surface area contributed by atoms with Gasteiger partial charge in [-0.15, -0.1) is 0 Å². The van der Waals surface area contributed by atoms with Gasteiger partial charge in [0.05, 0.1) is 6.04 Å². The summed E-state index contributed by atoms with van der Waals surface area (Å²) in [7, 11) is 0. The number of aryl methyl sites for hydroxylation is 1. The Morgan fingerprint density at radius 1 is 1.29 bits per heavy atom. The fourth-order valence-corrected chi connectivity index (χ4v) is 2.57. The van der Waals surface area contributed by atoms with Crippen molar-refractivity contribution in [3.05, 3.63) is 61.9 Å². The van der Waals surface area contributed by atoms with Gasteiger partial charge in [-0.05, 0) is 70.5 Å². The summed E-state index contributed by atoms with van der Waals surface area (Å²) in [5.41, 5.74) is 9.50. The van der Waals surface area contributed by atoms with Crippen LogP contribution in [0.5, 0.6) is 0 Å². The number of benzene rings is 1. The summed E-state index contributed by atoms with van der Waals surface area (Å²) in [6.45, 7) is 2.04. The first-order valence-electron chi connectivity index (χ1n) is 5.20. The standard InChI is InChI=1S/C13H12ClIN2/c1-8-4-5-17-7-11(8)13(16)10-6-9(14)2-3-12(10)15/h2-7,13H,16H2,1H3. The van der Waals surface area contributed by atoms with Crippen LogP contribution in [0.3, 0.4) is 0 Å². The van der Waals surface area contributed by atoms with Crippen molar-refractivity contribution in [3.63, 3.8) is 0 Å². The minimum atomic E-state index is -0.186. The molecule has 1 aromatic heterocycles. The lowest BCUT2D eigenvalue weighted by atomic mass is 9.98. The fourth-order valence-electron chi connectivity index (χ4n) is 1.72. The minimum Gasteiger partial charge on any atom is -0.320 e. The first kappa shape index (κ1) is 12.8. The van der Waals surface area contributed by atoms with Gasteiger partial charge >= 0.3 is 0 Å². The molecule has 4 heteroatoms. The second-order valence-corrected chi connectivity index (χ2v) is 5.47. The number of hydrogen-bond donors (Lipinski definition) is 1. The topological polar surface area (TPSA) is 38.9 Å². The maximum atomic E-state index is 6.28. The summed E-state index contributed by atoms with van der Waals surface area (Å²) in [5.74, 6) is 0. The van der Waals surface area contributed by atoms with Crippen molar-refractivity contribution in [2.75, 3.05) is 0 Å². The Labute approximate surface area is 119 Å². The number of aromatic nitrogens is 1. The molecule has 88 valence electrons. The predicted molar refractivity (Wildman–Crippen MR) is 79.2 cm³/mol. The van der Waals surface area contributed by atoms with Gasteiger partial charge in [0, 0.05) is 21.0 Å². The van der Waals surface area contributed by atoms with Crippen LogP contribution in [0.2, 0.25) is 5.02 Å². The molecule has 17 heavy (non-hydrogen) atoms. The van der Waals surface area contributed by atoms with E-state index in [4.69, 9.17) is 17.3 Å². The van der Waals surface area contributed by atoms with E-state index >= 15 is 0 Å². The Morgan fingerprint density at radius 2 is 2.06 bits per heavy atom. The molecule has 2 rings (SSSR count). The van der Waals surface area contributed by atoms with Crippen molar-refractivity contribution in [2.24, 2.45) is 5.73 Å². The highest BCUT2D eigenvalue weighted by Crippen LogP contribution is 2.28. The van der Waals surface area contributed by atoms with E-state index in [1.54, 1.807) is 6.20 Å². The molecule has 0 spiro atoms. The molecule has 1 aromatic carbocycles. The molecule has 0 aliphatic carbocycles. The minimum absolute atomic E-state index is 0.186. The molecular weight excluding hydrogens is 347 g/mol. The number of nitrogens with zero attached hydrogens (tertiary/aromatic N) is 1. The molecule has 1 atom stereocenters. The Hall–Kier alpha value is -0.650. The molecule has 0 amide bonds. The monoisotopic (exact) mass is 358 g/mol. The summed E-state index contributed by atoms with van der Waals surface area (Å²) >= 11 is 8.29. The van der Waals surface area contributed by atoms with Gasteiger partial charge in [0.2, 0.25) is 0 Å². The fraction of sp³-hybridized carbons (Fsp3) is 0.154. The van der Waals surface area contributed by atoms with Crippen LogP contribution in [-0.2, 0) is 0 Å². The third-order valence-electron chi connectivity index (χ3n) is 2.71. The molecule has 0 fully saturated rings. The third kappa shape index (κ3) is 2.78. The van der Waals surface area contributed by atoms with Crippen LogP contribution >= 0.6 is 34.2 Å². The lowest BCUT2D eigenvalue weighted by molar-refractivity contribution is 0.847. The van der Waals surface area contributed by atoms with Gasteiger partial charge in [0.15, 0.2) is 0 Å². The quantitative estimate of drug-likeness (QED) is 0.832. The van der Waals surface area contributed by atoms with Crippen LogP contribution in [0, 0.1) is 10.5 Å². The van der Waals surface area contributed by atoms with E-state index in [9.17, 15) is 0 Å². The highest BCUT2D eigenvalue weighted by atomic mass is 127. The van der Waals surface area contributed by atoms with E-state index in [1.807, 2.05) is 37.4 Å². The highest BCUT2D eigenvalue weighted by molar-refractivity contribution is 14.1. The Bertz CT molecular complexity index is 543. The largest absolute Gasteiger partial charge is 0.320 e. The lowest BCUT2D eigenvalue weighted by Gasteiger charge is -2.16. The molecule has 0 aliphatic heterocycles. The van der Waals surface area contributed by atoms with Crippen LogP contribution in [0.1, 0.15) is 22.7 Å². The van der Waals surface area contributed by atoms with E-state index in [2.05, 4.69) is 27.6 Å². The SMILES string of the molecule is Cc1ccncc1C(N)c1cc(Cl)ccc1I. The summed E-state index contributed by atoms with van der Waals surface area (Å²) in [5, 5.41) is 0.706. The van der Waals surface area contributed by atoms with Crippen LogP contribution in [0.15, 0.2) is 36.7 Å². The Morgan fingerprint density at radius 3 is 2.76 bits per heavy atom. The first-order chi connectivity index (χ1) is 8.09. The lowest BCUT2D eigenvalue weighted by Crippen LogP contribution is -2.15. The zero-order valence-corrected chi connectivity index (χ0v) is 12.2. The molecule has 0 saturated carbocycles. The van der Waals surface area contributed by atoms with E-state index in [1.165, 1.54) is 0 Å². The molecule has 0 radical (unpaired) electrons. The van der Waals surface area contributed by atoms with Gasteiger partial charge < -0.3 is 5.73 Å². The van der Waals surface area contributed by atoms with Gasteiger partial charge in [-0.25, -0.2) is 0 Å². The molecule has 0 saturated heterocycles. The zero-order valence-electron chi connectivity index (χ0n) is 9.32. The van der Waals surface area contributed by atoms with Gasteiger partial charge in [-0.1, -0.05) is 11.6 Å². The van der Waals surface area contributed by atoms with E-state index in [0.717, 1.165) is 20.3 Å². The zero-order chi connectivity index (χ0) is 12.4. The number of halogens is 2. The molecule has 1 unspecified atom stereocenters. The van der Waals surface area contributed by atoms with Gasteiger partial charge in [-0.3, -0.25) is 4.98 Å². The Balaban J connectivity index is 2.47. The summed E-state index contributed by atoms with van der Waals surface area (Å²) < 4.78 is 1.11. The van der Waals surface area contributed by atoms with Crippen molar-refractivity contribution >= 4 is 34.2 Å². The molecule has 2 nitrogen and oxygen atoms in total. The summed E-state index contributed by atoms with van der Waals surface area (Å²) in [4.78, 5) is 4.13. The van der Waals surface area contributed by atoms with E-state index in [-0.39, 0.29) is 6.04 Å². The maximum absolute atomic E-state index is 6.28. The maximum Gasteiger partial charge on any atom is 0.0580 e. The second-order valence-electron chi connectivity index (χ2n) is 3.88. The van der Waals surface area contributed by atoms with E-state index < -0.39 is 0 Å². The van der Waals surface area contributed by atoms with Gasteiger partial charge in [0.25, 0.3) is 0 Å². The molecular formula is C13H12ClIN2. The number of pyridine rings is 1. The molecule has 1 heterocycles. The predicted octanol–water partition coefficient (Wildman–Crippen LogP) is 3.70. The average molecular weight is 359 g/mol. The van der Waals surface area contributed by atoms with Crippen LogP contribution < -0.4 is 5.73 Å². The molecule has 2 N–H and O–H groups in total.